The fourth-order valence-electron chi connectivity index (χ4n) is 8.56. The van der Waals surface area contributed by atoms with Gasteiger partial charge in [-0.15, -0.1) is 0 Å². The first kappa shape index (κ1) is 54.6. The molecule has 3 aliphatic heterocycles. The third-order valence-electron chi connectivity index (χ3n) is 15.2. The van der Waals surface area contributed by atoms with Gasteiger partial charge in [-0.1, -0.05) is 143 Å². The molecule has 5 aromatic carbocycles. The number of halogens is 1. The molecule has 0 amide bonds. The van der Waals surface area contributed by atoms with E-state index in [1.165, 1.54) is 0 Å². The van der Waals surface area contributed by atoms with E-state index in [0.717, 1.165) is 66.1 Å². The molecule has 0 atom stereocenters. The normalized spacial score (nSPS) is 19.0. The lowest BCUT2D eigenvalue weighted by Gasteiger charge is -2.32. The highest BCUT2D eigenvalue weighted by Crippen LogP contribution is 2.43. The number of nitrogens with zero attached hydrogens (tertiary/aromatic N) is 4. The maximum Gasteiger partial charge on any atom is 0.494 e. The van der Waals surface area contributed by atoms with E-state index in [2.05, 4.69) is 92.2 Å². The van der Waals surface area contributed by atoms with Gasteiger partial charge < -0.3 is 27.9 Å². The summed E-state index contributed by atoms with van der Waals surface area (Å²) in [7, 11) is -1.38. The summed E-state index contributed by atoms with van der Waals surface area (Å²) in [6, 6.07) is 50.9. The maximum atomic E-state index is 6.26. The highest BCUT2D eigenvalue weighted by molar-refractivity contribution is 9.10. The van der Waals surface area contributed by atoms with Gasteiger partial charge in [0.05, 0.1) is 62.8 Å². The van der Waals surface area contributed by atoms with Crippen LogP contribution in [0.1, 0.15) is 88.8 Å². The summed E-state index contributed by atoms with van der Waals surface area (Å²) < 4.78 is 37.4. The highest BCUT2D eigenvalue weighted by atomic mass is 79.9. The Balaban J connectivity index is 0.000000146. The Hall–Kier alpha value is -6.18. The fourth-order valence-corrected chi connectivity index (χ4v) is 8.96. The van der Waals surface area contributed by atoms with Crippen LogP contribution in [0.25, 0.3) is 62.1 Å². The molecule has 0 spiro atoms. The number of hydrogen-bond donors (Lipinski definition) is 0. The second kappa shape index (κ2) is 21.7. The van der Waals surface area contributed by atoms with E-state index in [1.54, 1.807) is 0 Å². The van der Waals surface area contributed by atoms with Crippen molar-refractivity contribution < 1.29 is 27.9 Å². The number of benzene rings is 5. The molecule has 0 radical (unpaired) electrons. The van der Waals surface area contributed by atoms with Crippen molar-refractivity contribution in [1.82, 2.24) is 19.9 Å². The molecule has 0 N–H and O–H groups in total. The minimum Gasteiger partial charge on any atom is -0.405 e. The van der Waals surface area contributed by atoms with Gasteiger partial charge >= 0.3 is 21.1 Å². The highest BCUT2D eigenvalue weighted by Gasteiger charge is 2.63. The van der Waals surface area contributed by atoms with Crippen LogP contribution in [0.4, 0.5) is 0 Å². The second-order valence-electron chi connectivity index (χ2n) is 22.3. The first-order valence-electron chi connectivity index (χ1n) is 25.8. The first-order valence-corrected chi connectivity index (χ1v) is 26.6. The molecule has 7 aromatic rings. The summed E-state index contributed by atoms with van der Waals surface area (Å²) in [5.74, 6) is 1.39. The maximum absolute atomic E-state index is 6.26. The molecule has 5 heterocycles. The molecule has 384 valence electrons. The van der Waals surface area contributed by atoms with Gasteiger partial charge in [0, 0.05) is 38.4 Å². The van der Waals surface area contributed by atoms with Gasteiger partial charge in [0.1, 0.15) is 23.4 Å². The van der Waals surface area contributed by atoms with E-state index >= 15 is 0 Å². The smallest absolute Gasteiger partial charge is 0.405 e. The molecule has 0 bridgehead atoms. The van der Waals surface area contributed by atoms with Crippen LogP contribution < -0.4 is 5.46 Å². The Labute approximate surface area is 459 Å². The van der Waals surface area contributed by atoms with Crippen LogP contribution in [-0.2, 0) is 27.9 Å². The molecule has 0 unspecified atom stereocenters. The zero-order valence-corrected chi connectivity index (χ0v) is 47.2. The van der Waals surface area contributed by atoms with E-state index < -0.39 is 32.3 Å². The predicted molar refractivity (Wildman–Crippen MR) is 312 cm³/mol. The van der Waals surface area contributed by atoms with Crippen molar-refractivity contribution in [2.75, 3.05) is 0 Å². The van der Waals surface area contributed by atoms with Crippen LogP contribution >= 0.6 is 15.9 Å². The Kier molecular flexibility index (Phi) is 15.6. The van der Waals surface area contributed by atoms with Crippen molar-refractivity contribution in [3.63, 3.8) is 0 Å². The van der Waals surface area contributed by atoms with E-state index in [1.807, 2.05) is 189 Å². The molecule has 11 rings (SSSR count). The van der Waals surface area contributed by atoms with Crippen molar-refractivity contribution >= 4 is 48.1 Å². The summed E-state index contributed by atoms with van der Waals surface area (Å²) >= 11 is 3.53. The summed E-state index contributed by atoms with van der Waals surface area (Å²) in [5, 5.41) is 0. The minimum absolute atomic E-state index is 0.360. The zero-order valence-electron chi connectivity index (χ0n) is 45.6. The van der Waals surface area contributed by atoms with E-state index in [0.29, 0.717) is 11.6 Å². The molecule has 3 saturated heterocycles. The van der Waals surface area contributed by atoms with Gasteiger partial charge in [0.25, 0.3) is 0 Å². The topological polar surface area (TPSA) is 107 Å². The molecular weight excluding hydrogens is 1010 g/mol. The van der Waals surface area contributed by atoms with Gasteiger partial charge in [-0.2, -0.15) is 0 Å². The average molecular weight is 1070 g/mol. The Bertz CT molecular complexity index is 3140. The van der Waals surface area contributed by atoms with Gasteiger partial charge in [-0.3, -0.25) is 0 Å². The van der Waals surface area contributed by atoms with Crippen LogP contribution in [0.15, 0.2) is 180 Å². The van der Waals surface area contributed by atoms with E-state index in [4.69, 9.17) is 47.9 Å². The van der Waals surface area contributed by atoms with Crippen molar-refractivity contribution in [3.05, 3.63) is 192 Å². The molecule has 1 aliphatic carbocycles. The Morgan fingerprint density at radius 2 is 0.763 bits per heavy atom. The van der Waals surface area contributed by atoms with Gasteiger partial charge in [0.15, 0.2) is 11.6 Å². The molecule has 3 fully saturated rings. The quantitative estimate of drug-likeness (QED) is 0.108. The lowest BCUT2D eigenvalue weighted by Crippen LogP contribution is -2.41. The second-order valence-corrected chi connectivity index (χ2v) is 23.2. The third-order valence-corrected chi connectivity index (χ3v) is 15.7. The molecule has 0 saturated carbocycles. The van der Waals surface area contributed by atoms with Crippen LogP contribution in [-0.4, -0.2) is 74.7 Å². The van der Waals surface area contributed by atoms with Crippen LogP contribution in [0.5, 0.6) is 0 Å². The fraction of sp³-hybridized carbons (Fsp3) is 0.290. The summed E-state index contributed by atoms with van der Waals surface area (Å²) in [6.45, 7) is 24.5. The molecule has 2 aromatic heterocycles. The van der Waals surface area contributed by atoms with E-state index in [-0.39, 0.29) is 22.4 Å². The Morgan fingerprint density at radius 3 is 1.17 bits per heavy atom. The van der Waals surface area contributed by atoms with Crippen LogP contribution in [0.2, 0.25) is 0 Å². The van der Waals surface area contributed by atoms with Crippen molar-refractivity contribution in [1.29, 1.82) is 0 Å². The molecule has 76 heavy (non-hydrogen) atoms. The summed E-state index contributed by atoms with van der Waals surface area (Å²) in [6.07, 6.45) is 10.9. The molecule has 14 heteroatoms. The Morgan fingerprint density at radius 1 is 0.395 bits per heavy atom. The number of aromatic nitrogens is 4. The predicted octanol–water partition coefficient (Wildman–Crippen LogP) is 13.9. The SMILES string of the molecule is Brc1cccc(-c2nc(C3=CC=[C+]C=C3)cc(-c3ccccc3)n2)c1.CC1(C)OB(B2OC(C)(C)C(C)(C)O2)OC1(C)C.CC1(C)OB(c2cccc(-c3nc(-c4ccccc4)cc(-c4ccccc4)n3)c2)OC1(C)C. The third kappa shape index (κ3) is 12.0. The lowest BCUT2D eigenvalue weighted by atomic mass is 9.49. The van der Waals surface area contributed by atoms with Crippen molar-refractivity contribution in [2.45, 2.75) is 117 Å². The standard InChI is InChI=1S/C28H27BN2O2.C22H14BrN2.C12H24B2O4/c1-27(2)28(3,4)33-29(32-27)23-17-11-16-22(18-23)26-30-24(20-12-7-5-8-13-20)19-25(31-26)21-14-9-6-10-15-21;23-19-13-7-12-18(14-19)22-24-20(16-8-3-1-4-9-16)15-21(25-22)17-10-5-2-6-11-17;1-9(2)10(3,4)16-13(15-9)14-17-11(5,6)12(7,8)18-14/h5-19H,1-4H3;1,3-15H;1-8H3/q;+1;. The van der Waals surface area contributed by atoms with Crippen molar-refractivity contribution in [3.8, 4) is 56.5 Å². The van der Waals surface area contributed by atoms with Crippen LogP contribution in [0.3, 0.4) is 0 Å². The van der Waals surface area contributed by atoms with Crippen molar-refractivity contribution in [2.24, 2.45) is 0 Å². The first-order chi connectivity index (χ1) is 36.0. The van der Waals surface area contributed by atoms with Gasteiger partial charge in [-0.05, 0) is 113 Å². The summed E-state index contributed by atoms with van der Waals surface area (Å²) in [5.41, 5.74) is 8.47. The molecular formula is C62H65B3BrN4O6+. The minimum atomic E-state index is -0.476. The largest absolute Gasteiger partial charge is 0.494 e. The molecule has 10 nitrogen and oxygen atoms in total. The number of hydrogen-bond acceptors (Lipinski definition) is 10. The monoisotopic (exact) mass is 1070 g/mol. The average Bonchev–Trinajstić information content (AvgIpc) is 3.89. The summed E-state index contributed by atoms with van der Waals surface area (Å²) in [4.78, 5) is 19.5. The van der Waals surface area contributed by atoms with Crippen LogP contribution in [0, 0.1) is 6.08 Å². The molecule has 4 aliphatic rings. The van der Waals surface area contributed by atoms with Gasteiger partial charge in [-0.25, -0.2) is 19.9 Å². The van der Waals surface area contributed by atoms with Gasteiger partial charge in [0.2, 0.25) is 0 Å². The van der Waals surface area contributed by atoms with E-state index in [9.17, 15) is 0 Å². The number of rotatable bonds is 8. The number of allylic oxidation sites excluding steroid dienone is 6. The zero-order chi connectivity index (χ0) is 54.1. The lowest BCUT2D eigenvalue weighted by molar-refractivity contribution is 0.00578.